The van der Waals surface area contributed by atoms with Crippen LogP contribution in [0, 0.1) is 0 Å². The lowest BCUT2D eigenvalue weighted by Crippen LogP contribution is -2.52. The first-order valence-corrected chi connectivity index (χ1v) is 7.30. The van der Waals surface area contributed by atoms with Crippen LogP contribution in [-0.4, -0.2) is 42.9 Å². The Morgan fingerprint density at radius 2 is 1.77 bits per heavy atom. The fourth-order valence-corrected chi connectivity index (χ4v) is 2.97. The number of carbonyl (C=O) groups excluding carboxylic acids is 3. The number of hydrogen-bond donors (Lipinski definition) is 0. The summed E-state index contributed by atoms with van der Waals surface area (Å²) in [6, 6.07) is 7.38. The Labute approximate surface area is 128 Å². The van der Waals surface area contributed by atoms with Gasteiger partial charge in [-0.25, -0.2) is 4.79 Å². The Kier molecular flexibility index (Phi) is 3.54. The minimum Gasteiger partial charge on any atom is -0.335 e. The van der Waals surface area contributed by atoms with Crippen LogP contribution in [-0.2, 0) is 19.9 Å². The van der Waals surface area contributed by atoms with Crippen LogP contribution in [0.15, 0.2) is 29.3 Å². The van der Waals surface area contributed by atoms with Crippen molar-refractivity contribution in [3.05, 3.63) is 29.8 Å². The van der Waals surface area contributed by atoms with E-state index in [9.17, 15) is 14.4 Å². The zero-order chi connectivity index (χ0) is 15.7. The van der Waals surface area contributed by atoms with E-state index in [0.29, 0.717) is 5.69 Å². The average Bonchev–Trinajstić information content (AvgIpc) is 2.47. The van der Waals surface area contributed by atoms with Crippen molar-refractivity contribution in [3.63, 3.8) is 0 Å². The SMILES string of the molecule is CN1CC(=O)N(c2ccc(C3(N=C=O)CCC3)cc2)CC1=O. The lowest BCUT2D eigenvalue weighted by Gasteiger charge is -2.37. The molecular formula is C16H17N3O3. The number of aliphatic imine (C=N–C) groups is 1. The maximum Gasteiger partial charge on any atom is 0.247 e. The average molecular weight is 299 g/mol. The molecule has 1 aliphatic heterocycles. The number of piperazine rings is 1. The maximum atomic E-state index is 12.1. The van der Waals surface area contributed by atoms with Gasteiger partial charge in [0.15, 0.2) is 0 Å². The van der Waals surface area contributed by atoms with Crippen LogP contribution < -0.4 is 4.90 Å². The highest BCUT2D eigenvalue weighted by Gasteiger charge is 2.39. The van der Waals surface area contributed by atoms with E-state index in [1.54, 1.807) is 13.1 Å². The van der Waals surface area contributed by atoms with E-state index in [0.717, 1.165) is 24.8 Å². The van der Waals surface area contributed by atoms with Gasteiger partial charge in [-0.1, -0.05) is 12.1 Å². The number of amides is 2. The molecule has 0 unspecified atom stereocenters. The first-order valence-electron chi connectivity index (χ1n) is 7.30. The van der Waals surface area contributed by atoms with Crippen molar-refractivity contribution < 1.29 is 14.4 Å². The van der Waals surface area contributed by atoms with Crippen LogP contribution in [0.3, 0.4) is 0 Å². The molecule has 0 bridgehead atoms. The number of isocyanates is 1. The van der Waals surface area contributed by atoms with Crippen LogP contribution in [0.4, 0.5) is 5.69 Å². The summed E-state index contributed by atoms with van der Waals surface area (Å²) in [5.41, 5.74) is 1.21. The van der Waals surface area contributed by atoms with Gasteiger partial charge in [0.2, 0.25) is 17.9 Å². The van der Waals surface area contributed by atoms with Gasteiger partial charge < -0.3 is 9.80 Å². The summed E-state index contributed by atoms with van der Waals surface area (Å²) in [6.45, 7) is 0.159. The lowest BCUT2D eigenvalue weighted by molar-refractivity contribution is -0.136. The van der Waals surface area contributed by atoms with E-state index in [2.05, 4.69) is 4.99 Å². The first-order chi connectivity index (χ1) is 10.6. The third kappa shape index (κ3) is 2.31. The number of nitrogens with zero attached hydrogens (tertiary/aromatic N) is 3. The molecule has 2 aliphatic rings. The second-order valence-electron chi connectivity index (χ2n) is 5.86. The number of likely N-dealkylation sites (N-methyl/N-ethyl adjacent to an activating group) is 1. The fourth-order valence-electron chi connectivity index (χ4n) is 2.97. The number of rotatable bonds is 3. The van der Waals surface area contributed by atoms with Crippen LogP contribution in [0.2, 0.25) is 0 Å². The van der Waals surface area contributed by atoms with E-state index in [4.69, 9.17) is 0 Å². The molecule has 0 spiro atoms. The van der Waals surface area contributed by atoms with E-state index in [1.807, 2.05) is 24.3 Å². The molecule has 6 heteroatoms. The molecule has 2 amide bonds. The Morgan fingerprint density at radius 3 is 2.32 bits per heavy atom. The first kappa shape index (κ1) is 14.5. The summed E-state index contributed by atoms with van der Waals surface area (Å²) in [4.78, 5) is 41.3. The highest BCUT2D eigenvalue weighted by molar-refractivity contribution is 6.04. The third-order valence-electron chi connectivity index (χ3n) is 4.55. The van der Waals surface area contributed by atoms with Gasteiger partial charge in [0.1, 0.15) is 6.54 Å². The predicted octanol–water partition coefficient (Wildman–Crippen LogP) is 1.21. The lowest BCUT2D eigenvalue weighted by atomic mass is 9.72. The summed E-state index contributed by atoms with van der Waals surface area (Å²) < 4.78 is 0. The molecule has 2 fully saturated rings. The molecule has 1 heterocycles. The summed E-state index contributed by atoms with van der Waals surface area (Å²) in [6.07, 6.45) is 4.39. The molecule has 6 nitrogen and oxygen atoms in total. The summed E-state index contributed by atoms with van der Waals surface area (Å²) in [5.74, 6) is -0.177. The van der Waals surface area contributed by atoms with Gasteiger partial charge in [-0.15, -0.1) is 0 Å². The van der Waals surface area contributed by atoms with E-state index >= 15 is 0 Å². The second kappa shape index (κ2) is 5.39. The molecule has 0 atom stereocenters. The van der Waals surface area contributed by atoms with Crippen molar-refractivity contribution in [1.29, 1.82) is 0 Å². The highest BCUT2D eigenvalue weighted by atomic mass is 16.2. The van der Waals surface area contributed by atoms with Crippen molar-refractivity contribution in [2.45, 2.75) is 24.8 Å². The highest BCUT2D eigenvalue weighted by Crippen LogP contribution is 2.45. The monoisotopic (exact) mass is 299 g/mol. The summed E-state index contributed by atoms with van der Waals surface area (Å²) in [5, 5.41) is 0. The Morgan fingerprint density at radius 1 is 1.09 bits per heavy atom. The van der Waals surface area contributed by atoms with E-state index < -0.39 is 5.54 Å². The molecule has 0 aromatic heterocycles. The molecule has 1 saturated carbocycles. The van der Waals surface area contributed by atoms with Crippen molar-refractivity contribution >= 4 is 23.6 Å². The number of anilines is 1. The van der Waals surface area contributed by atoms with Gasteiger partial charge in [0.05, 0.1) is 12.1 Å². The van der Waals surface area contributed by atoms with Gasteiger partial charge in [0.25, 0.3) is 0 Å². The summed E-state index contributed by atoms with van der Waals surface area (Å²) >= 11 is 0. The largest absolute Gasteiger partial charge is 0.335 e. The maximum absolute atomic E-state index is 12.1. The quantitative estimate of drug-likeness (QED) is 0.622. The normalized spacial score (nSPS) is 20.4. The zero-order valence-electron chi connectivity index (χ0n) is 12.4. The van der Waals surface area contributed by atoms with Crippen molar-refractivity contribution in [3.8, 4) is 0 Å². The standard InChI is InChI=1S/C16H17N3O3/c1-18-9-15(22)19(10-14(18)21)13-5-3-12(4-6-13)16(17-11-20)7-2-8-16/h3-6H,2,7-10H2,1H3. The topological polar surface area (TPSA) is 70.1 Å². The third-order valence-corrected chi connectivity index (χ3v) is 4.55. The van der Waals surface area contributed by atoms with Gasteiger partial charge in [-0.3, -0.25) is 9.59 Å². The van der Waals surface area contributed by atoms with Crippen molar-refractivity contribution in [2.24, 2.45) is 4.99 Å². The molecule has 1 saturated heterocycles. The Balaban J connectivity index is 1.84. The smallest absolute Gasteiger partial charge is 0.247 e. The van der Waals surface area contributed by atoms with Gasteiger partial charge in [-0.2, -0.15) is 4.99 Å². The van der Waals surface area contributed by atoms with Gasteiger partial charge in [0, 0.05) is 12.7 Å². The second-order valence-corrected chi connectivity index (χ2v) is 5.86. The zero-order valence-corrected chi connectivity index (χ0v) is 12.4. The van der Waals surface area contributed by atoms with E-state index in [-0.39, 0.29) is 24.9 Å². The predicted molar refractivity (Wildman–Crippen MR) is 80.1 cm³/mol. The van der Waals surface area contributed by atoms with E-state index in [1.165, 1.54) is 9.80 Å². The molecule has 22 heavy (non-hydrogen) atoms. The minimum absolute atomic E-state index is 0.0618. The number of carbonyl (C=O) groups is 2. The molecule has 3 rings (SSSR count). The van der Waals surface area contributed by atoms with Gasteiger partial charge >= 0.3 is 0 Å². The number of hydrogen-bond acceptors (Lipinski definition) is 4. The molecule has 0 N–H and O–H groups in total. The molecule has 1 aromatic carbocycles. The minimum atomic E-state index is -0.442. The molecule has 1 aliphatic carbocycles. The van der Waals surface area contributed by atoms with Crippen LogP contribution in [0.5, 0.6) is 0 Å². The summed E-state index contributed by atoms with van der Waals surface area (Å²) in [7, 11) is 1.62. The molecule has 114 valence electrons. The number of benzene rings is 1. The molecular weight excluding hydrogens is 282 g/mol. The van der Waals surface area contributed by atoms with Crippen LogP contribution in [0.1, 0.15) is 24.8 Å². The van der Waals surface area contributed by atoms with Crippen molar-refractivity contribution in [2.75, 3.05) is 25.0 Å². The Hall–Kier alpha value is -2.46. The molecule has 1 aromatic rings. The van der Waals surface area contributed by atoms with Gasteiger partial charge in [-0.05, 0) is 37.0 Å². The van der Waals surface area contributed by atoms with Crippen molar-refractivity contribution in [1.82, 2.24) is 4.90 Å². The Bertz CT molecular complexity index is 658. The van der Waals surface area contributed by atoms with Crippen LogP contribution in [0.25, 0.3) is 0 Å². The molecule has 0 radical (unpaired) electrons. The fraction of sp³-hybridized carbons (Fsp3) is 0.438. The van der Waals surface area contributed by atoms with Crippen LogP contribution >= 0.6 is 0 Å².